The predicted molar refractivity (Wildman–Crippen MR) is 85.6 cm³/mol. The molecule has 3 heterocycles. The molecule has 6 nitrogen and oxygen atoms in total. The lowest BCUT2D eigenvalue weighted by atomic mass is 10.1. The lowest BCUT2D eigenvalue weighted by Gasteiger charge is -2.34. The van der Waals surface area contributed by atoms with Crippen LogP contribution in [0, 0.1) is 5.92 Å². The van der Waals surface area contributed by atoms with E-state index in [0.717, 1.165) is 30.8 Å². The molecule has 122 valence electrons. The third-order valence-electron chi connectivity index (χ3n) is 4.10. The Balaban J connectivity index is 1.63. The average Bonchev–Trinajstić information content (AvgIpc) is 3.18. The molecule has 3 rings (SSSR count). The molecule has 0 radical (unpaired) electrons. The fourth-order valence-electron chi connectivity index (χ4n) is 2.84. The van der Waals surface area contributed by atoms with Crippen molar-refractivity contribution >= 4 is 38.9 Å². The van der Waals surface area contributed by atoms with Gasteiger partial charge in [0.1, 0.15) is 4.21 Å². The van der Waals surface area contributed by atoms with Gasteiger partial charge in [0.15, 0.2) is 0 Å². The number of carbonyl (C=O) groups is 1. The van der Waals surface area contributed by atoms with Gasteiger partial charge in [-0.3, -0.25) is 4.79 Å². The smallest absolute Gasteiger partial charge is 0.252 e. The zero-order valence-corrected chi connectivity index (χ0v) is 14.4. The Morgan fingerprint density at radius 2 is 2.00 bits per heavy atom. The summed E-state index contributed by atoms with van der Waals surface area (Å²) in [5.74, 6) is 0.181. The van der Waals surface area contributed by atoms with Crippen molar-refractivity contribution in [2.45, 2.75) is 10.6 Å². The average molecular weight is 364 g/mol. The summed E-state index contributed by atoms with van der Waals surface area (Å²) in [7, 11) is -3.49. The molecule has 2 aliphatic heterocycles. The summed E-state index contributed by atoms with van der Waals surface area (Å²) >= 11 is 6.88. The summed E-state index contributed by atoms with van der Waals surface area (Å²) in [6, 6.07) is 3.12. The summed E-state index contributed by atoms with van der Waals surface area (Å²) in [4.78, 5) is 14.1. The number of carbonyl (C=O) groups excluding carboxylic acids is 1. The zero-order valence-electron chi connectivity index (χ0n) is 12.0. The van der Waals surface area contributed by atoms with E-state index >= 15 is 0 Å². The minimum atomic E-state index is -3.49. The van der Waals surface area contributed by atoms with Gasteiger partial charge in [0.25, 0.3) is 10.0 Å². The van der Waals surface area contributed by atoms with Crippen LogP contribution in [0.1, 0.15) is 6.42 Å². The predicted octanol–water partition coefficient (Wildman–Crippen LogP) is 0.844. The van der Waals surface area contributed by atoms with Gasteiger partial charge < -0.3 is 10.2 Å². The molecule has 0 aromatic carbocycles. The normalized spacial score (nSPS) is 23.9. The number of nitrogens with zero attached hydrogens (tertiary/aromatic N) is 2. The fraction of sp³-hybridized carbons (Fsp3) is 0.615. The first kappa shape index (κ1) is 16.2. The molecule has 9 heteroatoms. The number of halogens is 1. The molecule has 1 aromatic rings. The first-order valence-electron chi connectivity index (χ1n) is 7.23. The molecule has 0 spiro atoms. The number of piperazine rings is 1. The van der Waals surface area contributed by atoms with Crippen LogP contribution in [0.15, 0.2) is 16.3 Å². The monoisotopic (exact) mass is 363 g/mol. The molecule has 2 aliphatic rings. The van der Waals surface area contributed by atoms with Crippen LogP contribution in [0.3, 0.4) is 0 Å². The van der Waals surface area contributed by atoms with Gasteiger partial charge in [-0.2, -0.15) is 4.31 Å². The second kappa shape index (κ2) is 6.45. The maximum atomic E-state index is 12.5. The van der Waals surface area contributed by atoms with Crippen LogP contribution in [0.5, 0.6) is 0 Å². The van der Waals surface area contributed by atoms with Crippen molar-refractivity contribution in [2.75, 3.05) is 39.3 Å². The van der Waals surface area contributed by atoms with E-state index in [9.17, 15) is 13.2 Å². The number of hydrogen-bond donors (Lipinski definition) is 1. The fourth-order valence-corrected chi connectivity index (χ4v) is 5.90. The van der Waals surface area contributed by atoms with E-state index in [0.29, 0.717) is 30.5 Å². The molecule has 0 bridgehead atoms. The molecule has 2 saturated heterocycles. The number of sulfonamides is 1. The van der Waals surface area contributed by atoms with Gasteiger partial charge in [-0.1, -0.05) is 11.6 Å². The molecule has 1 amide bonds. The van der Waals surface area contributed by atoms with E-state index in [2.05, 4.69) is 5.32 Å². The van der Waals surface area contributed by atoms with E-state index in [1.54, 1.807) is 11.0 Å². The van der Waals surface area contributed by atoms with Crippen LogP contribution >= 0.6 is 22.9 Å². The van der Waals surface area contributed by atoms with E-state index in [1.165, 1.54) is 10.4 Å². The van der Waals surface area contributed by atoms with Crippen molar-refractivity contribution in [1.82, 2.24) is 14.5 Å². The van der Waals surface area contributed by atoms with E-state index < -0.39 is 10.0 Å². The quantitative estimate of drug-likeness (QED) is 0.864. The highest BCUT2D eigenvalue weighted by atomic mass is 35.5. The number of nitrogens with one attached hydrogen (secondary N) is 1. The van der Waals surface area contributed by atoms with Crippen LogP contribution in [0.2, 0.25) is 4.34 Å². The van der Waals surface area contributed by atoms with Gasteiger partial charge >= 0.3 is 0 Å². The van der Waals surface area contributed by atoms with Crippen molar-refractivity contribution < 1.29 is 13.2 Å². The second-order valence-corrected chi connectivity index (χ2v) is 9.36. The second-order valence-electron chi connectivity index (χ2n) is 5.48. The lowest BCUT2D eigenvalue weighted by molar-refractivity contribution is -0.136. The Bertz CT molecular complexity index is 647. The van der Waals surface area contributed by atoms with Crippen LogP contribution in [-0.2, 0) is 14.8 Å². The van der Waals surface area contributed by atoms with Gasteiger partial charge in [0.2, 0.25) is 5.91 Å². The van der Waals surface area contributed by atoms with Crippen LogP contribution in [0.25, 0.3) is 0 Å². The Kier molecular flexibility index (Phi) is 4.75. The summed E-state index contributed by atoms with van der Waals surface area (Å²) in [6.45, 7) is 3.18. The Labute approximate surface area is 139 Å². The Morgan fingerprint density at radius 3 is 2.55 bits per heavy atom. The molecule has 0 saturated carbocycles. The molecule has 1 atom stereocenters. The molecule has 2 fully saturated rings. The molecule has 22 heavy (non-hydrogen) atoms. The van der Waals surface area contributed by atoms with E-state index in [1.807, 2.05) is 0 Å². The highest BCUT2D eigenvalue weighted by Gasteiger charge is 2.33. The van der Waals surface area contributed by atoms with Crippen molar-refractivity contribution in [1.29, 1.82) is 0 Å². The molecular weight excluding hydrogens is 346 g/mol. The highest BCUT2D eigenvalue weighted by molar-refractivity contribution is 7.91. The maximum Gasteiger partial charge on any atom is 0.252 e. The van der Waals surface area contributed by atoms with Gasteiger partial charge in [0.05, 0.1) is 10.3 Å². The largest absolute Gasteiger partial charge is 0.340 e. The first-order valence-corrected chi connectivity index (χ1v) is 9.87. The van der Waals surface area contributed by atoms with E-state index in [-0.39, 0.29) is 16.0 Å². The molecule has 1 unspecified atom stereocenters. The molecular formula is C13H18ClN3O3S2. The summed E-state index contributed by atoms with van der Waals surface area (Å²) < 4.78 is 27.2. The highest BCUT2D eigenvalue weighted by Crippen LogP contribution is 2.28. The van der Waals surface area contributed by atoms with Crippen LogP contribution < -0.4 is 5.32 Å². The molecule has 1 N–H and O–H groups in total. The summed E-state index contributed by atoms with van der Waals surface area (Å²) in [6.07, 6.45) is 0.866. The van der Waals surface area contributed by atoms with Gasteiger partial charge in [-0.15, -0.1) is 11.3 Å². The summed E-state index contributed by atoms with van der Waals surface area (Å²) in [5.41, 5.74) is 0. The third-order valence-corrected chi connectivity index (χ3v) is 7.70. The van der Waals surface area contributed by atoms with Gasteiger partial charge in [-0.05, 0) is 25.1 Å². The van der Waals surface area contributed by atoms with Crippen LogP contribution in [0.4, 0.5) is 0 Å². The number of thiophene rings is 1. The number of hydrogen-bond acceptors (Lipinski definition) is 5. The first-order chi connectivity index (χ1) is 10.5. The van der Waals surface area contributed by atoms with Gasteiger partial charge in [-0.25, -0.2) is 8.42 Å². The maximum absolute atomic E-state index is 12.5. The Morgan fingerprint density at radius 1 is 1.27 bits per heavy atom. The SMILES string of the molecule is O=C(C1CCNC1)N1CCN(S(=O)(=O)c2ccc(Cl)s2)CC1. The van der Waals surface area contributed by atoms with Crippen LogP contribution in [-0.4, -0.2) is 62.8 Å². The molecule has 0 aliphatic carbocycles. The standard InChI is InChI=1S/C13H18ClN3O3S2/c14-11-1-2-12(21-11)22(19,20)17-7-5-16(6-8-17)13(18)10-3-4-15-9-10/h1-2,10,15H,3-9H2. The van der Waals surface area contributed by atoms with E-state index in [4.69, 9.17) is 11.6 Å². The zero-order chi connectivity index (χ0) is 15.7. The minimum absolute atomic E-state index is 0.0410. The number of rotatable bonds is 3. The molecule has 1 aromatic heterocycles. The number of amides is 1. The van der Waals surface area contributed by atoms with Gasteiger partial charge in [0, 0.05) is 32.7 Å². The topological polar surface area (TPSA) is 69.7 Å². The summed E-state index contributed by atoms with van der Waals surface area (Å²) in [5, 5.41) is 3.18. The minimum Gasteiger partial charge on any atom is -0.340 e. The lowest BCUT2D eigenvalue weighted by Crippen LogP contribution is -2.52. The van der Waals surface area contributed by atoms with Crippen molar-refractivity contribution in [3.05, 3.63) is 16.5 Å². The van der Waals surface area contributed by atoms with Crippen molar-refractivity contribution in [3.8, 4) is 0 Å². The Hall–Kier alpha value is -0.670. The third kappa shape index (κ3) is 3.16. The van der Waals surface area contributed by atoms with Crippen molar-refractivity contribution in [2.24, 2.45) is 5.92 Å². The van der Waals surface area contributed by atoms with Crippen molar-refractivity contribution in [3.63, 3.8) is 0 Å².